The molecule has 0 aliphatic heterocycles. The summed E-state index contributed by atoms with van der Waals surface area (Å²) in [5.74, 6) is -1.03. The monoisotopic (exact) mass is 270 g/mol. The van der Waals surface area contributed by atoms with Crippen LogP contribution in [-0.2, 0) is 11.2 Å². The Morgan fingerprint density at radius 2 is 1.94 bits per heavy atom. The number of aromatic nitrogens is 1. The second kappa shape index (κ2) is 7.10. The Morgan fingerprint density at radius 1 is 1.33 bits per heavy atom. The van der Waals surface area contributed by atoms with Gasteiger partial charge in [0.1, 0.15) is 5.01 Å². The molecule has 0 spiro atoms. The van der Waals surface area contributed by atoms with E-state index in [9.17, 15) is 9.59 Å². The Balaban J connectivity index is 2.63. The molecule has 0 saturated heterocycles. The fraction of sp³-hybridized carbons (Fsp3) is 0.583. The first-order valence-corrected chi connectivity index (χ1v) is 6.91. The molecular weight excluding hydrogens is 252 g/mol. The summed E-state index contributed by atoms with van der Waals surface area (Å²) < 4.78 is 0. The van der Waals surface area contributed by atoms with E-state index in [1.54, 1.807) is 0 Å². The van der Waals surface area contributed by atoms with E-state index in [4.69, 9.17) is 5.11 Å². The van der Waals surface area contributed by atoms with Crippen LogP contribution in [0.25, 0.3) is 0 Å². The number of carboxylic acid groups (broad SMARTS) is 1. The van der Waals surface area contributed by atoms with Crippen LogP contribution in [0.3, 0.4) is 0 Å². The summed E-state index contributed by atoms with van der Waals surface area (Å²) in [6.45, 7) is 5.54. The minimum atomic E-state index is -1.05. The summed E-state index contributed by atoms with van der Waals surface area (Å²) in [6, 6.07) is 0. The number of amides is 1. The second-order valence-electron chi connectivity index (χ2n) is 3.99. The largest absolute Gasteiger partial charge is 0.476 e. The minimum absolute atomic E-state index is 0.0142. The highest BCUT2D eigenvalue weighted by Crippen LogP contribution is 2.12. The third-order valence-corrected chi connectivity index (χ3v) is 3.26. The maximum atomic E-state index is 12.0. The van der Waals surface area contributed by atoms with Crippen LogP contribution in [0.1, 0.15) is 42.2 Å². The highest BCUT2D eigenvalue weighted by molar-refractivity contribution is 7.09. The van der Waals surface area contributed by atoms with Crippen molar-refractivity contribution in [3.8, 4) is 0 Å². The maximum absolute atomic E-state index is 12.0. The molecule has 0 aliphatic rings. The number of aromatic carboxylic acids is 1. The summed E-state index contributed by atoms with van der Waals surface area (Å²) in [7, 11) is 0. The van der Waals surface area contributed by atoms with Crippen molar-refractivity contribution < 1.29 is 14.7 Å². The lowest BCUT2D eigenvalue weighted by atomic mass is 10.3. The number of thiazole rings is 1. The van der Waals surface area contributed by atoms with Gasteiger partial charge in [-0.15, -0.1) is 11.3 Å². The molecule has 5 nitrogen and oxygen atoms in total. The minimum Gasteiger partial charge on any atom is -0.476 e. The Kier molecular flexibility index (Phi) is 5.77. The molecule has 1 aromatic heterocycles. The molecule has 0 bridgehead atoms. The first kappa shape index (κ1) is 14.6. The van der Waals surface area contributed by atoms with Crippen LogP contribution in [0.4, 0.5) is 0 Å². The van der Waals surface area contributed by atoms with Gasteiger partial charge in [0.2, 0.25) is 5.91 Å². The van der Waals surface area contributed by atoms with Crippen LogP contribution in [0.5, 0.6) is 0 Å². The van der Waals surface area contributed by atoms with Crippen LogP contribution in [-0.4, -0.2) is 40.0 Å². The van der Waals surface area contributed by atoms with Crippen molar-refractivity contribution in [2.24, 2.45) is 0 Å². The molecule has 1 amide bonds. The van der Waals surface area contributed by atoms with E-state index < -0.39 is 5.97 Å². The molecule has 0 fully saturated rings. The third kappa shape index (κ3) is 4.10. The average molecular weight is 270 g/mol. The molecular formula is C12H18N2O3S. The first-order valence-electron chi connectivity index (χ1n) is 6.03. The summed E-state index contributed by atoms with van der Waals surface area (Å²) >= 11 is 1.22. The molecule has 1 rings (SSSR count). The number of carbonyl (C=O) groups is 2. The smallest absolute Gasteiger partial charge is 0.355 e. The second-order valence-corrected chi connectivity index (χ2v) is 4.93. The Labute approximate surface area is 110 Å². The number of hydrogen-bond donors (Lipinski definition) is 1. The lowest BCUT2D eigenvalue weighted by Gasteiger charge is -2.20. The highest BCUT2D eigenvalue weighted by atomic mass is 32.1. The number of rotatable bonds is 7. The van der Waals surface area contributed by atoms with Crippen LogP contribution in [0, 0.1) is 0 Å². The van der Waals surface area contributed by atoms with Gasteiger partial charge < -0.3 is 10.0 Å². The predicted molar refractivity (Wildman–Crippen MR) is 69.9 cm³/mol. The SMILES string of the molecule is CCCN(CCC)C(=O)Cc1nc(C(=O)O)cs1. The van der Waals surface area contributed by atoms with Crippen molar-refractivity contribution in [1.82, 2.24) is 9.88 Å². The van der Waals surface area contributed by atoms with Gasteiger partial charge in [0.05, 0.1) is 6.42 Å². The van der Waals surface area contributed by atoms with Crippen molar-refractivity contribution in [3.63, 3.8) is 0 Å². The first-order chi connectivity index (χ1) is 8.58. The number of nitrogens with zero attached hydrogens (tertiary/aromatic N) is 2. The number of carboxylic acids is 1. The standard InChI is InChI=1S/C12H18N2O3S/c1-3-5-14(6-4-2)11(15)7-10-13-9(8-18-10)12(16)17/h8H,3-7H2,1-2H3,(H,16,17). The zero-order chi connectivity index (χ0) is 13.5. The van der Waals surface area contributed by atoms with Gasteiger partial charge in [-0.05, 0) is 12.8 Å². The van der Waals surface area contributed by atoms with Crippen molar-refractivity contribution in [1.29, 1.82) is 0 Å². The van der Waals surface area contributed by atoms with E-state index in [0.29, 0.717) is 5.01 Å². The van der Waals surface area contributed by atoms with Crippen LogP contribution < -0.4 is 0 Å². The zero-order valence-electron chi connectivity index (χ0n) is 10.7. The lowest BCUT2D eigenvalue weighted by Crippen LogP contribution is -2.33. The zero-order valence-corrected chi connectivity index (χ0v) is 11.5. The number of hydrogen-bond acceptors (Lipinski definition) is 4. The van der Waals surface area contributed by atoms with Gasteiger partial charge in [-0.2, -0.15) is 0 Å². The van der Waals surface area contributed by atoms with E-state index in [-0.39, 0.29) is 18.0 Å². The van der Waals surface area contributed by atoms with Crippen LogP contribution in [0.15, 0.2) is 5.38 Å². The van der Waals surface area contributed by atoms with Crippen molar-refractivity contribution in [3.05, 3.63) is 16.1 Å². The van der Waals surface area contributed by atoms with Crippen LogP contribution >= 0.6 is 11.3 Å². The average Bonchev–Trinajstić information content (AvgIpc) is 2.77. The van der Waals surface area contributed by atoms with E-state index in [2.05, 4.69) is 4.98 Å². The highest BCUT2D eigenvalue weighted by Gasteiger charge is 2.16. The molecule has 18 heavy (non-hydrogen) atoms. The fourth-order valence-corrected chi connectivity index (χ4v) is 2.39. The Bertz CT molecular complexity index is 411. The molecule has 1 heterocycles. The summed E-state index contributed by atoms with van der Waals surface area (Å²) in [5, 5.41) is 10.8. The topological polar surface area (TPSA) is 70.5 Å². The van der Waals surface area contributed by atoms with Crippen molar-refractivity contribution in [2.45, 2.75) is 33.1 Å². The fourth-order valence-electron chi connectivity index (χ4n) is 1.63. The van der Waals surface area contributed by atoms with Crippen LogP contribution in [0.2, 0.25) is 0 Å². The van der Waals surface area contributed by atoms with Gasteiger partial charge in [0.25, 0.3) is 0 Å². The molecule has 6 heteroatoms. The van der Waals surface area contributed by atoms with Gasteiger partial charge >= 0.3 is 5.97 Å². The molecule has 0 aliphatic carbocycles. The van der Waals surface area contributed by atoms with E-state index in [0.717, 1.165) is 25.9 Å². The molecule has 0 saturated carbocycles. The summed E-state index contributed by atoms with van der Waals surface area (Å²) in [6.07, 6.45) is 2.03. The van der Waals surface area contributed by atoms with Gasteiger partial charge in [0.15, 0.2) is 5.69 Å². The molecule has 0 radical (unpaired) electrons. The van der Waals surface area contributed by atoms with E-state index >= 15 is 0 Å². The van der Waals surface area contributed by atoms with Gasteiger partial charge in [-0.25, -0.2) is 9.78 Å². The molecule has 1 aromatic rings. The number of carbonyl (C=O) groups excluding carboxylic acids is 1. The Hall–Kier alpha value is -1.43. The lowest BCUT2D eigenvalue weighted by molar-refractivity contribution is -0.130. The van der Waals surface area contributed by atoms with Gasteiger partial charge in [0, 0.05) is 18.5 Å². The summed E-state index contributed by atoms with van der Waals surface area (Å²) in [5.41, 5.74) is 0.0142. The molecule has 0 aromatic carbocycles. The third-order valence-electron chi connectivity index (χ3n) is 2.41. The van der Waals surface area contributed by atoms with E-state index in [1.165, 1.54) is 16.7 Å². The van der Waals surface area contributed by atoms with Crippen molar-refractivity contribution in [2.75, 3.05) is 13.1 Å². The molecule has 0 atom stereocenters. The summed E-state index contributed by atoms with van der Waals surface area (Å²) in [4.78, 5) is 28.4. The predicted octanol–water partition coefficient (Wildman–Crippen LogP) is 2.03. The maximum Gasteiger partial charge on any atom is 0.355 e. The molecule has 1 N–H and O–H groups in total. The normalized spacial score (nSPS) is 10.3. The molecule has 100 valence electrons. The molecule has 0 unspecified atom stereocenters. The van der Waals surface area contributed by atoms with E-state index in [1.807, 2.05) is 18.7 Å². The van der Waals surface area contributed by atoms with Gasteiger partial charge in [-0.3, -0.25) is 4.79 Å². The van der Waals surface area contributed by atoms with Gasteiger partial charge in [-0.1, -0.05) is 13.8 Å². The Morgan fingerprint density at radius 3 is 2.39 bits per heavy atom. The quantitative estimate of drug-likeness (QED) is 0.823. The van der Waals surface area contributed by atoms with Crippen molar-refractivity contribution >= 4 is 23.2 Å².